The fourth-order valence-electron chi connectivity index (χ4n) is 2.14. The Balaban J connectivity index is 2.17. The number of nitrogens with one attached hydrogen (secondary N) is 1. The maximum absolute atomic E-state index is 12.7. The van der Waals surface area contributed by atoms with E-state index < -0.39 is 0 Å². The number of halogens is 2. The Morgan fingerprint density at radius 3 is 2.75 bits per heavy atom. The fraction of sp³-hybridized carbons (Fsp3) is 0. The Bertz CT molecular complexity index is 826. The highest BCUT2D eigenvalue weighted by atomic mass is 79.9. The van der Waals surface area contributed by atoms with Gasteiger partial charge in [0.1, 0.15) is 0 Å². The molecule has 100 valence electrons. The Labute approximate surface area is 128 Å². The van der Waals surface area contributed by atoms with Crippen LogP contribution in [-0.4, -0.2) is 10.8 Å². The molecule has 3 N–H and O–H groups in total. The number of aromatic amines is 1. The molecule has 0 saturated heterocycles. The van der Waals surface area contributed by atoms with Crippen molar-refractivity contribution in [1.29, 1.82) is 0 Å². The van der Waals surface area contributed by atoms with Gasteiger partial charge in [-0.25, -0.2) is 0 Å². The van der Waals surface area contributed by atoms with Gasteiger partial charge in [0.05, 0.1) is 0 Å². The molecular formula is C15H10BrClN2O. The summed E-state index contributed by atoms with van der Waals surface area (Å²) in [6.07, 6.45) is 1.69. The third kappa shape index (κ3) is 2.21. The maximum Gasteiger partial charge on any atom is 0.196 e. The molecule has 5 heteroatoms. The number of ketones is 1. The van der Waals surface area contributed by atoms with Crippen molar-refractivity contribution >= 4 is 49.9 Å². The van der Waals surface area contributed by atoms with Gasteiger partial charge >= 0.3 is 0 Å². The minimum atomic E-state index is -0.0994. The van der Waals surface area contributed by atoms with Gasteiger partial charge in [-0.05, 0) is 36.4 Å². The van der Waals surface area contributed by atoms with Gasteiger partial charge in [0.15, 0.2) is 5.78 Å². The molecule has 0 fully saturated rings. The number of aromatic nitrogens is 1. The Kier molecular flexibility index (Phi) is 3.28. The molecule has 0 radical (unpaired) electrons. The number of rotatable bonds is 2. The predicted molar refractivity (Wildman–Crippen MR) is 85.3 cm³/mol. The summed E-state index contributed by atoms with van der Waals surface area (Å²) in [5.74, 6) is -0.0994. The van der Waals surface area contributed by atoms with Crippen molar-refractivity contribution in [2.45, 2.75) is 0 Å². The lowest BCUT2D eigenvalue weighted by Gasteiger charge is -2.04. The quantitative estimate of drug-likeness (QED) is 0.532. The number of H-pyrrole nitrogens is 1. The summed E-state index contributed by atoms with van der Waals surface area (Å²) in [7, 11) is 0. The minimum Gasteiger partial charge on any atom is -0.399 e. The number of carbonyl (C=O) groups is 1. The van der Waals surface area contributed by atoms with E-state index in [4.69, 9.17) is 17.3 Å². The normalized spacial score (nSPS) is 10.9. The summed E-state index contributed by atoms with van der Waals surface area (Å²) in [5, 5.41) is 1.40. The molecule has 2 aromatic carbocycles. The molecule has 20 heavy (non-hydrogen) atoms. The molecule has 0 bridgehead atoms. The number of benzene rings is 2. The SMILES string of the molecule is Nc1ccc(Br)c(C(=O)c2c[nH]c3ccc(Cl)cc23)c1. The highest BCUT2D eigenvalue weighted by molar-refractivity contribution is 9.10. The van der Waals surface area contributed by atoms with Crippen LogP contribution in [0.25, 0.3) is 10.9 Å². The van der Waals surface area contributed by atoms with Crippen molar-refractivity contribution < 1.29 is 4.79 Å². The summed E-state index contributed by atoms with van der Waals surface area (Å²) >= 11 is 9.38. The number of anilines is 1. The molecule has 1 heterocycles. The molecule has 3 aromatic rings. The van der Waals surface area contributed by atoms with Crippen LogP contribution in [0.5, 0.6) is 0 Å². The first kappa shape index (κ1) is 13.2. The average molecular weight is 350 g/mol. The maximum atomic E-state index is 12.7. The topological polar surface area (TPSA) is 58.9 Å². The summed E-state index contributed by atoms with van der Waals surface area (Å²) in [4.78, 5) is 15.7. The van der Waals surface area contributed by atoms with Gasteiger partial charge in [0.2, 0.25) is 0 Å². The lowest BCUT2D eigenvalue weighted by molar-refractivity contribution is 0.103. The highest BCUT2D eigenvalue weighted by Gasteiger charge is 2.17. The molecule has 0 atom stereocenters. The first-order valence-electron chi connectivity index (χ1n) is 5.92. The zero-order valence-electron chi connectivity index (χ0n) is 10.3. The molecule has 0 saturated carbocycles. The van der Waals surface area contributed by atoms with Gasteiger partial charge in [-0.1, -0.05) is 27.5 Å². The monoisotopic (exact) mass is 348 g/mol. The van der Waals surface area contributed by atoms with Crippen LogP contribution in [0.15, 0.2) is 47.1 Å². The molecule has 0 aliphatic heterocycles. The Morgan fingerprint density at radius 1 is 1.15 bits per heavy atom. The number of nitrogen functional groups attached to an aromatic ring is 1. The fourth-order valence-corrected chi connectivity index (χ4v) is 2.74. The zero-order valence-corrected chi connectivity index (χ0v) is 12.6. The molecule has 0 aliphatic rings. The lowest BCUT2D eigenvalue weighted by atomic mass is 10.0. The van der Waals surface area contributed by atoms with Crippen LogP contribution in [0.1, 0.15) is 15.9 Å². The molecule has 0 aliphatic carbocycles. The van der Waals surface area contributed by atoms with Crippen LogP contribution in [0.3, 0.4) is 0 Å². The van der Waals surface area contributed by atoms with Crippen LogP contribution < -0.4 is 5.73 Å². The van der Waals surface area contributed by atoms with E-state index in [1.54, 1.807) is 36.5 Å². The van der Waals surface area contributed by atoms with Crippen LogP contribution in [-0.2, 0) is 0 Å². The minimum absolute atomic E-state index is 0.0994. The molecule has 0 amide bonds. The highest BCUT2D eigenvalue weighted by Crippen LogP contribution is 2.28. The lowest BCUT2D eigenvalue weighted by Crippen LogP contribution is -2.02. The molecule has 0 unspecified atom stereocenters. The van der Waals surface area contributed by atoms with Crippen molar-refractivity contribution in [3.63, 3.8) is 0 Å². The number of nitrogens with two attached hydrogens (primary N) is 1. The number of fused-ring (bicyclic) bond motifs is 1. The van der Waals surface area contributed by atoms with Gasteiger partial charge in [-0.2, -0.15) is 0 Å². The van der Waals surface area contributed by atoms with Crippen LogP contribution in [0.4, 0.5) is 5.69 Å². The third-order valence-corrected chi connectivity index (χ3v) is 4.05. The summed E-state index contributed by atoms with van der Waals surface area (Å²) in [5.41, 5.74) is 8.29. The summed E-state index contributed by atoms with van der Waals surface area (Å²) in [6.45, 7) is 0. The molecule has 3 rings (SSSR count). The van der Waals surface area contributed by atoms with E-state index in [9.17, 15) is 4.79 Å². The van der Waals surface area contributed by atoms with Crippen LogP contribution in [0, 0.1) is 0 Å². The third-order valence-electron chi connectivity index (χ3n) is 3.12. The van der Waals surface area contributed by atoms with Crippen molar-refractivity contribution in [3.8, 4) is 0 Å². The van der Waals surface area contributed by atoms with Crippen molar-refractivity contribution in [2.75, 3.05) is 5.73 Å². The second-order valence-electron chi connectivity index (χ2n) is 4.46. The predicted octanol–water partition coefficient (Wildman–Crippen LogP) is 4.40. The van der Waals surface area contributed by atoms with Crippen molar-refractivity contribution in [3.05, 3.63) is 63.2 Å². The van der Waals surface area contributed by atoms with Gasteiger partial charge in [-0.15, -0.1) is 0 Å². The van der Waals surface area contributed by atoms with Gasteiger partial charge < -0.3 is 10.7 Å². The second kappa shape index (κ2) is 4.96. The van der Waals surface area contributed by atoms with Crippen LogP contribution in [0.2, 0.25) is 5.02 Å². The molecule has 1 aromatic heterocycles. The number of hydrogen-bond donors (Lipinski definition) is 2. The number of hydrogen-bond acceptors (Lipinski definition) is 2. The van der Waals surface area contributed by atoms with E-state index in [1.807, 2.05) is 6.07 Å². The van der Waals surface area contributed by atoms with Gasteiger partial charge in [0.25, 0.3) is 0 Å². The second-order valence-corrected chi connectivity index (χ2v) is 5.75. The van der Waals surface area contributed by atoms with Gasteiger partial charge in [0, 0.05) is 43.4 Å². The van der Waals surface area contributed by atoms with E-state index in [2.05, 4.69) is 20.9 Å². The Hall–Kier alpha value is -1.78. The van der Waals surface area contributed by atoms with E-state index in [0.717, 1.165) is 10.9 Å². The van der Waals surface area contributed by atoms with E-state index >= 15 is 0 Å². The molecule has 3 nitrogen and oxygen atoms in total. The molecular weight excluding hydrogens is 340 g/mol. The van der Waals surface area contributed by atoms with E-state index in [1.165, 1.54) is 0 Å². The largest absolute Gasteiger partial charge is 0.399 e. The van der Waals surface area contributed by atoms with Crippen molar-refractivity contribution in [2.24, 2.45) is 0 Å². The standard InChI is InChI=1S/C15H10BrClN2O/c16-13-3-2-9(18)6-11(13)15(20)12-7-19-14-4-1-8(17)5-10(12)14/h1-7,19H,18H2. The first-order valence-corrected chi connectivity index (χ1v) is 7.10. The molecule has 0 spiro atoms. The summed E-state index contributed by atoms with van der Waals surface area (Å²) in [6, 6.07) is 10.6. The Morgan fingerprint density at radius 2 is 1.95 bits per heavy atom. The van der Waals surface area contributed by atoms with Crippen LogP contribution >= 0.6 is 27.5 Å². The van der Waals surface area contributed by atoms with E-state index in [0.29, 0.717) is 26.3 Å². The zero-order chi connectivity index (χ0) is 14.3. The average Bonchev–Trinajstić information content (AvgIpc) is 2.83. The smallest absolute Gasteiger partial charge is 0.196 e. The van der Waals surface area contributed by atoms with E-state index in [-0.39, 0.29) is 5.78 Å². The van der Waals surface area contributed by atoms with Gasteiger partial charge in [-0.3, -0.25) is 4.79 Å². The summed E-state index contributed by atoms with van der Waals surface area (Å²) < 4.78 is 0.716. The first-order chi connectivity index (χ1) is 9.56. The number of carbonyl (C=O) groups excluding carboxylic acids is 1. The van der Waals surface area contributed by atoms with Crippen molar-refractivity contribution in [1.82, 2.24) is 4.98 Å².